The van der Waals surface area contributed by atoms with Crippen molar-refractivity contribution < 1.29 is 24.2 Å². The van der Waals surface area contributed by atoms with Gasteiger partial charge in [0.25, 0.3) is 5.78 Å². The fourth-order valence-electron chi connectivity index (χ4n) is 4.01. The maximum atomic E-state index is 13.3. The minimum absolute atomic E-state index is 0.0903. The molecule has 1 fully saturated rings. The maximum absolute atomic E-state index is 13.3. The lowest BCUT2D eigenvalue weighted by Gasteiger charge is -2.22. The van der Waals surface area contributed by atoms with Gasteiger partial charge in [-0.05, 0) is 29.6 Å². The number of benzene rings is 2. The molecule has 2 aromatic carbocycles. The lowest BCUT2D eigenvalue weighted by Crippen LogP contribution is -2.30. The van der Waals surface area contributed by atoms with Crippen LogP contribution in [0.15, 0.2) is 59.5 Å². The second-order valence-electron chi connectivity index (χ2n) is 7.45. The van der Waals surface area contributed by atoms with Crippen LogP contribution in [0.2, 0.25) is 5.02 Å². The molecule has 0 aliphatic carbocycles. The molecule has 2 aromatic heterocycles. The van der Waals surface area contributed by atoms with Crippen molar-refractivity contribution in [2.75, 3.05) is 19.1 Å². The van der Waals surface area contributed by atoms with E-state index in [0.717, 1.165) is 0 Å². The van der Waals surface area contributed by atoms with E-state index in [9.17, 15) is 14.7 Å². The molecule has 172 valence electrons. The molecule has 1 amide bonds. The van der Waals surface area contributed by atoms with Crippen LogP contribution in [0.1, 0.15) is 16.5 Å². The van der Waals surface area contributed by atoms with Gasteiger partial charge in [-0.1, -0.05) is 29.8 Å². The van der Waals surface area contributed by atoms with Gasteiger partial charge in [-0.3, -0.25) is 14.5 Å². The molecular weight excluding hydrogens is 478 g/mol. The number of hydrogen-bond acceptors (Lipinski definition) is 7. The number of ketones is 1. The normalized spacial score (nSPS) is 17.5. The van der Waals surface area contributed by atoms with Crippen molar-refractivity contribution in [1.82, 2.24) is 9.97 Å². The van der Waals surface area contributed by atoms with Gasteiger partial charge >= 0.3 is 5.91 Å². The summed E-state index contributed by atoms with van der Waals surface area (Å²) in [5.41, 5.74) is 1.44. The third-order valence-corrected chi connectivity index (χ3v) is 6.81. The Morgan fingerprint density at radius 2 is 1.88 bits per heavy atom. The molecule has 2 N–H and O–H groups in total. The predicted molar refractivity (Wildman–Crippen MR) is 130 cm³/mol. The molecule has 1 aliphatic rings. The molecule has 0 radical (unpaired) electrons. The van der Waals surface area contributed by atoms with Gasteiger partial charge in [-0.2, -0.15) is 0 Å². The zero-order valence-corrected chi connectivity index (χ0v) is 19.6. The smallest absolute Gasteiger partial charge is 0.302 e. The van der Waals surface area contributed by atoms with Crippen LogP contribution >= 0.6 is 22.9 Å². The highest BCUT2D eigenvalue weighted by Crippen LogP contribution is 2.45. The van der Waals surface area contributed by atoms with Crippen LogP contribution < -0.4 is 14.4 Å². The van der Waals surface area contributed by atoms with Gasteiger partial charge in [0.15, 0.2) is 0 Å². The average molecular weight is 496 g/mol. The van der Waals surface area contributed by atoms with Gasteiger partial charge in [0, 0.05) is 10.9 Å². The van der Waals surface area contributed by atoms with Gasteiger partial charge in [0.1, 0.15) is 23.3 Å². The number of thiophene rings is 1. The fourth-order valence-corrected chi connectivity index (χ4v) is 5.07. The molecule has 0 spiro atoms. The van der Waals surface area contributed by atoms with Crippen molar-refractivity contribution in [3.8, 4) is 11.5 Å². The lowest BCUT2D eigenvalue weighted by atomic mass is 9.99. The van der Waals surface area contributed by atoms with Gasteiger partial charge in [-0.25, -0.2) is 4.98 Å². The summed E-state index contributed by atoms with van der Waals surface area (Å²) < 4.78 is 10.6. The zero-order valence-electron chi connectivity index (χ0n) is 18.0. The van der Waals surface area contributed by atoms with Crippen LogP contribution in [0, 0.1) is 0 Å². The number of methoxy groups -OCH3 is 2. The molecule has 4 aromatic rings. The summed E-state index contributed by atoms with van der Waals surface area (Å²) in [4.78, 5) is 36.1. The molecular formula is C24H18ClN3O5S. The Balaban J connectivity index is 1.73. The van der Waals surface area contributed by atoms with Crippen LogP contribution in [0.5, 0.6) is 11.5 Å². The molecule has 3 heterocycles. The number of fused-ring (bicyclic) bond motifs is 1. The monoisotopic (exact) mass is 495 g/mol. The number of nitrogens with one attached hydrogen (secondary N) is 1. The number of carbonyl (C=O) groups excluding carboxylic acids is 2. The van der Waals surface area contributed by atoms with Crippen LogP contribution in [-0.4, -0.2) is 41.0 Å². The van der Waals surface area contributed by atoms with E-state index in [0.29, 0.717) is 21.7 Å². The van der Waals surface area contributed by atoms with Crippen LogP contribution in [0.3, 0.4) is 0 Å². The first-order valence-electron chi connectivity index (χ1n) is 10.2. The SMILES string of the molecule is COc1cc(OC)c(/C(O)=C2\C(=O)C(=O)N(c3nc4ccccc4[nH]3)C2c2cccs2)cc1Cl. The summed E-state index contributed by atoms with van der Waals surface area (Å²) in [7, 11) is 2.87. The number of anilines is 1. The van der Waals surface area contributed by atoms with Crippen LogP contribution in [0.4, 0.5) is 5.95 Å². The number of imidazole rings is 1. The largest absolute Gasteiger partial charge is 0.507 e. The molecule has 34 heavy (non-hydrogen) atoms. The van der Waals surface area contributed by atoms with E-state index >= 15 is 0 Å². The highest BCUT2D eigenvalue weighted by Gasteiger charge is 2.49. The molecule has 8 nitrogen and oxygen atoms in total. The summed E-state index contributed by atoms with van der Waals surface area (Å²) >= 11 is 7.65. The second kappa shape index (κ2) is 8.51. The van der Waals surface area contributed by atoms with E-state index in [1.54, 1.807) is 12.1 Å². The van der Waals surface area contributed by atoms with Crippen molar-refractivity contribution in [2.24, 2.45) is 0 Å². The number of rotatable bonds is 5. The summed E-state index contributed by atoms with van der Waals surface area (Å²) in [6.07, 6.45) is 0. The highest BCUT2D eigenvalue weighted by molar-refractivity contribution is 7.10. The fraction of sp³-hybridized carbons (Fsp3) is 0.125. The number of nitrogens with zero attached hydrogens (tertiary/aromatic N) is 2. The Bertz CT molecular complexity index is 1430. The van der Waals surface area contributed by atoms with Crippen molar-refractivity contribution in [2.45, 2.75) is 6.04 Å². The standard InChI is InChI=1S/C24H18ClN3O5S/c1-32-16-11-17(33-2)13(25)10-12(16)21(29)19-20(18-8-5-9-34-18)28(23(31)22(19)30)24-26-14-6-3-4-7-15(14)27-24/h3-11,20,29H,1-2H3,(H,26,27)/b21-19+. The number of para-hydroxylation sites is 2. The molecule has 5 rings (SSSR count). The van der Waals surface area contributed by atoms with Gasteiger partial charge in [0.2, 0.25) is 5.95 Å². The van der Waals surface area contributed by atoms with Gasteiger partial charge in [-0.15, -0.1) is 11.3 Å². The molecule has 0 bridgehead atoms. The highest BCUT2D eigenvalue weighted by atomic mass is 35.5. The number of halogens is 1. The first kappa shape index (κ1) is 22.0. The molecule has 1 unspecified atom stereocenters. The number of H-pyrrole nitrogens is 1. The van der Waals surface area contributed by atoms with Gasteiger partial charge < -0.3 is 19.6 Å². The Morgan fingerprint density at radius 1 is 1.12 bits per heavy atom. The molecule has 1 aliphatic heterocycles. The molecule has 1 atom stereocenters. The van der Waals surface area contributed by atoms with Crippen LogP contribution in [0.25, 0.3) is 16.8 Å². The minimum atomic E-state index is -0.897. The molecule has 10 heteroatoms. The molecule has 1 saturated heterocycles. The quantitative estimate of drug-likeness (QED) is 0.231. The first-order chi connectivity index (χ1) is 16.4. The summed E-state index contributed by atoms with van der Waals surface area (Å²) in [5.74, 6) is -1.27. The van der Waals surface area contributed by atoms with E-state index < -0.39 is 23.5 Å². The number of Topliss-reactive ketones (excluding diaryl/α,β-unsaturated/α-hetero) is 1. The van der Waals surface area contributed by atoms with E-state index in [2.05, 4.69) is 9.97 Å². The number of aliphatic hydroxyl groups is 1. The number of ether oxygens (including phenoxy) is 2. The summed E-state index contributed by atoms with van der Waals surface area (Å²) in [6.45, 7) is 0. The van der Waals surface area contributed by atoms with Crippen LogP contribution in [-0.2, 0) is 9.59 Å². The topological polar surface area (TPSA) is 105 Å². The third-order valence-electron chi connectivity index (χ3n) is 5.59. The Hall–Kier alpha value is -3.82. The van der Waals surface area contributed by atoms with Gasteiger partial charge in [0.05, 0.1) is 41.4 Å². The third kappa shape index (κ3) is 3.41. The van der Waals surface area contributed by atoms with E-state index in [4.69, 9.17) is 21.1 Å². The lowest BCUT2D eigenvalue weighted by molar-refractivity contribution is -0.132. The van der Waals surface area contributed by atoms with Crippen molar-refractivity contribution in [3.63, 3.8) is 0 Å². The Labute approximate surface area is 203 Å². The average Bonchev–Trinajstić information content (AvgIpc) is 3.57. The van der Waals surface area contributed by atoms with E-state index in [1.807, 2.05) is 29.6 Å². The number of aromatic nitrogens is 2. The Kier molecular flexibility index (Phi) is 5.51. The van der Waals surface area contributed by atoms with Crippen molar-refractivity contribution in [3.05, 3.63) is 74.9 Å². The maximum Gasteiger partial charge on any atom is 0.302 e. The Morgan fingerprint density at radius 3 is 2.56 bits per heavy atom. The number of amides is 1. The summed E-state index contributed by atoms with van der Waals surface area (Å²) in [6, 6.07) is 13.0. The first-order valence-corrected chi connectivity index (χ1v) is 11.4. The zero-order chi connectivity index (χ0) is 24.0. The number of carbonyl (C=O) groups is 2. The van der Waals surface area contributed by atoms with E-state index in [-0.39, 0.29) is 27.9 Å². The molecule has 0 saturated carbocycles. The number of hydrogen-bond donors (Lipinski definition) is 2. The minimum Gasteiger partial charge on any atom is -0.507 e. The summed E-state index contributed by atoms with van der Waals surface area (Å²) in [5, 5.41) is 13.4. The number of aromatic amines is 1. The second-order valence-corrected chi connectivity index (χ2v) is 8.84. The van der Waals surface area contributed by atoms with E-state index in [1.165, 1.54) is 42.6 Å². The predicted octanol–water partition coefficient (Wildman–Crippen LogP) is 4.92. The number of aliphatic hydroxyl groups excluding tert-OH is 1. The van der Waals surface area contributed by atoms with Crippen molar-refractivity contribution >= 4 is 57.4 Å². The van der Waals surface area contributed by atoms with Crippen molar-refractivity contribution in [1.29, 1.82) is 0 Å².